The molecule has 2 atom stereocenters. The molecule has 3 aromatic rings. The van der Waals surface area contributed by atoms with Gasteiger partial charge in [0, 0.05) is 45.4 Å². The summed E-state index contributed by atoms with van der Waals surface area (Å²) >= 11 is 0. The van der Waals surface area contributed by atoms with E-state index in [1.165, 1.54) is 11.1 Å². The lowest BCUT2D eigenvalue weighted by molar-refractivity contribution is 0.259. The highest BCUT2D eigenvalue weighted by molar-refractivity contribution is 5.81. The molecule has 0 amide bonds. The van der Waals surface area contributed by atoms with E-state index in [0.717, 1.165) is 55.7 Å². The lowest BCUT2D eigenvalue weighted by atomic mass is 10.0. The molecule has 0 saturated carbocycles. The molecule has 9 heteroatoms. The van der Waals surface area contributed by atoms with Crippen LogP contribution in [-0.2, 0) is 27.1 Å². The van der Waals surface area contributed by atoms with Crippen molar-refractivity contribution in [2.24, 2.45) is 25.0 Å². The van der Waals surface area contributed by atoms with E-state index in [1.807, 2.05) is 48.6 Å². The third kappa shape index (κ3) is 4.72. The number of nitrogens with zero attached hydrogens (tertiary/aromatic N) is 7. The van der Waals surface area contributed by atoms with Gasteiger partial charge >= 0.3 is 0 Å². The number of hydrogen-bond donors (Lipinski definition) is 1. The molecule has 1 N–H and O–H groups in total. The highest BCUT2D eigenvalue weighted by atomic mass is 16.5. The van der Waals surface area contributed by atoms with Crippen molar-refractivity contribution >= 4 is 5.96 Å². The Bertz CT molecular complexity index is 1130. The number of aromatic nitrogens is 5. The third-order valence-corrected chi connectivity index (χ3v) is 6.68. The summed E-state index contributed by atoms with van der Waals surface area (Å²) < 4.78 is 9.75. The van der Waals surface area contributed by atoms with Crippen LogP contribution in [0.1, 0.15) is 41.7 Å². The lowest BCUT2D eigenvalue weighted by Crippen LogP contribution is -2.43. The summed E-state index contributed by atoms with van der Waals surface area (Å²) in [5.74, 6) is 4.24. The van der Waals surface area contributed by atoms with Crippen LogP contribution in [0.5, 0.6) is 5.75 Å². The number of hydrogen-bond acceptors (Lipinski definition) is 5. The number of benzene rings is 1. The molecule has 33 heavy (non-hydrogen) atoms. The van der Waals surface area contributed by atoms with Crippen LogP contribution in [-0.4, -0.2) is 55.1 Å². The van der Waals surface area contributed by atoms with Crippen molar-refractivity contribution in [1.29, 1.82) is 0 Å². The van der Waals surface area contributed by atoms with Gasteiger partial charge in [-0.2, -0.15) is 5.10 Å². The molecular weight excluding hydrogens is 416 g/mol. The van der Waals surface area contributed by atoms with Crippen molar-refractivity contribution < 1.29 is 4.74 Å². The Morgan fingerprint density at radius 3 is 2.88 bits per heavy atom. The SMILES string of the molecule is Cc1nnc(CN=C(NC2CCOc3ccccc32)N2CCC(Cc3cnn(C)c3)C2)n1C. The summed E-state index contributed by atoms with van der Waals surface area (Å²) in [5.41, 5.74) is 2.49. The van der Waals surface area contributed by atoms with Crippen molar-refractivity contribution in [3.05, 3.63) is 59.4 Å². The van der Waals surface area contributed by atoms with E-state index in [9.17, 15) is 0 Å². The number of ether oxygens (including phenoxy) is 1. The molecule has 0 aliphatic carbocycles. The zero-order chi connectivity index (χ0) is 22.8. The molecule has 2 aliphatic rings. The van der Waals surface area contributed by atoms with E-state index in [-0.39, 0.29) is 6.04 Å². The number of fused-ring (bicyclic) bond motifs is 1. The average molecular weight is 449 g/mol. The van der Waals surface area contributed by atoms with E-state index in [0.29, 0.717) is 19.1 Å². The molecule has 9 nitrogen and oxygen atoms in total. The van der Waals surface area contributed by atoms with Gasteiger partial charge in [-0.15, -0.1) is 10.2 Å². The lowest BCUT2D eigenvalue weighted by Gasteiger charge is -2.31. The summed E-state index contributed by atoms with van der Waals surface area (Å²) in [5, 5.41) is 16.6. The van der Waals surface area contributed by atoms with Crippen molar-refractivity contribution in [2.75, 3.05) is 19.7 Å². The minimum atomic E-state index is 0.173. The second kappa shape index (κ2) is 9.25. The Balaban J connectivity index is 1.35. The van der Waals surface area contributed by atoms with Crippen LogP contribution in [0.3, 0.4) is 0 Å². The minimum Gasteiger partial charge on any atom is -0.493 e. The van der Waals surface area contributed by atoms with Gasteiger partial charge in [0.1, 0.15) is 18.1 Å². The molecule has 4 heterocycles. The normalized spacial score (nSPS) is 20.6. The Kier molecular flexibility index (Phi) is 6.02. The van der Waals surface area contributed by atoms with E-state index < -0.39 is 0 Å². The summed E-state index contributed by atoms with van der Waals surface area (Å²) in [4.78, 5) is 7.40. The molecule has 0 radical (unpaired) electrons. The van der Waals surface area contributed by atoms with Crippen LogP contribution in [0.25, 0.3) is 0 Å². The van der Waals surface area contributed by atoms with E-state index in [4.69, 9.17) is 9.73 Å². The summed E-state index contributed by atoms with van der Waals surface area (Å²) in [6.45, 7) is 5.12. The molecule has 1 aromatic carbocycles. The van der Waals surface area contributed by atoms with E-state index in [1.54, 1.807) is 0 Å². The van der Waals surface area contributed by atoms with Crippen LogP contribution in [0.2, 0.25) is 0 Å². The summed E-state index contributed by atoms with van der Waals surface area (Å²) in [6.07, 6.45) is 7.19. The zero-order valence-corrected chi connectivity index (χ0v) is 19.6. The average Bonchev–Trinajstić information content (AvgIpc) is 3.54. The van der Waals surface area contributed by atoms with Gasteiger partial charge in [0.05, 0.1) is 18.8 Å². The predicted octanol–water partition coefficient (Wildman–Crippen LogP) is 2.39. The highest BCUT2D eigenvalue weighted by Gasteiger charge is 2.29. The maximum Gasteiger partial charge on any atom is 0.194 e. The van der Waals surface area contributed by atoms with Crippen molar-refractivity contribution in [1.82, 2.24) is 34.8 Å². The number of aryl methyl sites for hydroxylation is 2. The van der Waals surface area contributed by atoms with Crippen molar-refractivity contribution in [3.8, 4) is 5.75 Å². The molecule has 2 aliphatic heterocycles. The number of nitrogens with one attached hydrogen (secondary N) is 1. The van der Waals surface area contributed by atoms with Crippen molar-refractivity contribution in [2.45, 2.75) is 38.8 Å². The number of rotatable bonds is 5. The second-order valence-corrected chi connectivity index (χ2v) is 9.06. The fourth-order valence-electron chi connectivity index (χ4n) is 4.72. The number of likely N-dealkylation sites (tertiary alicyclic amines) is 1. The largest absolute Gasteiger partial charge is 0.493 e. The smallest absolute Gasteiger partial charge is 0.194 e. The molecule has 2 unspecified atom stereocenters. The van der Waals surface area contributed by atoms with Crippen LogP contribution < -0.4 is 10.1 Å². The first-order valence-corrected chi connectivity index (χ1v) is 11.7. The molecule has 0 spiro atoms. The summed E-state index contributed by atoms with van der Waals surface area (Å²) in [6, 6.07) is 8.46. The molecular formula is C24H32N8O. The molecule has 2 aromatic heterocycles. The van der Waals surface area contributed by atoms with Gasteiger partial charge in [0.25, 0.3) is 0 Å². The Labute approximate surface area is 194 Å². The van der Waals surface area contributed by atoms with Gasteiger partial charge in [0.15, 0.2) is 11.8 Å². The molecule has 0 bridgehead atoms. The fourth-order valence-corrected chi connectivity index (χ4v) is 4.72. The monoisotopic (exact) mass is 448 g/mol. The van der Waals surface area contributed by atoms with Crippen LogP contribution >= 0.6 is 0 Å². The van der Waals surface area contributed by atoms with Gasteiger partial charge in [-0.3, -0.25) is 4.68 Å². The first-order chi connectivity index (χ1) is 16.1. The Morgan fingerprint density at radius 1 is 1.21 bits per heavy atom. The highest BCUT2D eigenvalue weighted by Crippen LogP contribution is 2.32. The Morgan fingerprint density at radius 2 is 2.09 bits per heavy atom. The first-order valence-electron chi connectivity index (χ1n) is 11.7. The topological polar surface area (TPSA) is 85.4 Å². The molecule has 174 valence electrons. The zero-order valence-electron chi connectivity index (χ0n) is 19.6. The Hall–Kier alpha value is -3.36. The van der Waals surface area contributed by atoms with Gasteiger partial charge in [0.2, 0.25) is 0 Å². The number of para-hydroxylation sites is 1. The third-order valence-electron chi connectivity index (χ3n) is 6.68. The standard InChI is InChI=1S/C24H32N8O/c1-17-28-29-23(31(17)3)14-25-24(27-21-9-11-33-22-7-5-4-6-20(21)22)32-10-8-18(16-32)12-19-13-26-30(2)15-19/h4-7,13,15,18,21H,8-12,14,16H2,1-3H3,(H,25,27). The molecule has 1 saturated heterocycles. The van der Waals surface area contributed by atoms with Gasteiger partial charge < -0.3 is 19.5 Å². The first kappa shape index (κ1) is 21.5. The minimum absolute atomic E-state index is 0.173. The summed E-state index contributed by atoms with van der Waals surface area (Å²) in [7, 11) is 3.96. The predicted molar refractivity (Wildman–Crippen MR) is 126 cm³/mol. The fraction of sp³-hybridized carbons (Fsp3) is 0.500. The molecule has 1 fully saturated rings. The maximum absolute atomic E-state index is 5.87. The quantitative estimate of drug-likeness (QED) is 0.477. The van der Waals surface area contributed by atoms with Crippen LogP contribution in [0.4, 0.5) is 0 Å². The second-order valence-electron chi connectivity index (χ2n) is 9.06. The number of aliphatic imine (C=N–C) groups is 1. The van der Waals surface area contributed by atoms with Crippen LogP contribution in [0.15, 0.2) is 41.7 Å². The van der Waals surface area contributed by atoms with Gasteiger partial charge in [-0.05, 0) is 37.3 Å². The van der Waals surface area contributed by atoms with Crippen LogP contribution in [0, 0.1) is 12.8 Å². The van der Waals surface area contributed by atoms with Crippen molar-refractivity contribution in [3.63, 3.8) is 0 Å². The number of guanidine groups is 1. The van der Waals surface area contributed by atoms with Gasteiger partial charge in [-0.25, -0.2) is 4.99 Å². The molecule has 5 rings (SSSR count). The maximum atomic E-state index is 5.87. The van der Waals surface area contributed by atoms with E-state index >= 15 is 0 Å². The van der Waals surface area contributed by atoms with E-state index in [2.05, 4.69) is 43.8 Å². The van der Waals surface area contributed by atoms with Gasteiger partial charge in [-0.1, -0.05) is 18.2 Å².